The maximum atomic E-state index is 12.3. The maximum Gasteiger partial charge on any atom is 0.222 e. The van der Waals surface area contributed by atoms with E-state index in [1.165, 1.54) is 6.42 Å². The van der Waals surface area contributed by atoms with E-state index >= 15 is 0 Å². The molecule has 2 fully saturated rings. The third-order valence-electron chi connectivity index (χ3n) is 6.41. The first-order valence-corrected chi connectivity index (χ1v) is 10.9. The zero-order chi connectivity index (χ0) is 20.9. The molecule has 0 aromatic heterocycles. The first-order valence-electron chi connectivity index (χ1n) is 10.9. The molecule has 1 N–H and O–H groups in total. The van der Waals surface area contributed by atoms with Crippen molar-refractivity contribution in [2.45, 2.75) is 50.4 Å². The smallest absolute Gasteiger partial charge is 0.222 e. The van der Waals surface area contributed by atoms with Gasteiger partial charge in [0.05, 0.1) is 25.9 Å². The van der Waals surface area contributed by atoms with Gasteiger partial charge in [-0.2, -0.15) is 0 Å². The van der Waals surface area contributed by atoms with Crippen LogP contribution in [0.4, 0.5) is 0 Å². The first kappa shape index (κ1) is 20.9. The minimum absolute atomic E-state index is 0.00351. The Kier molecular flexibility index (Phi) is 6.70. The molecule has 1 aliphatic carbocycles. The molecule has 2 aliphatic rings. The van der Waals surface area contributed by atoms with Crippen LogP contribution in [0.15, 0.2) is 48.5 Å². The van der Waals surface area contributed by atoms with E-state index in [1.54, 1.807) is 14.2 Å². The predicted molar refractivity (Wildman–Crippen MR) is 116 cm³/mol. The molecule has 160 valence electrons. The van der Waals surface area contributed by atoms with Crippen LogP contribution in [0.2, 0.25) is 0 Å². The Hall–Kier alpha value is -2.37. The van der Waals surface area contributed by atoms with Crippen LogP contribution in [-0.2, 0) is 14.3 Å². The zero-order valence-electron chi connectivity index (χ0n) is 17.8. The van der Waals surface area contributed by atoms with Crippen molar-refractivity contribution in [2.24, 2.45) is 5.92 Å². The van der Waals surface area contributed by atoms with Gasteiger partial charge in [0, 0.05) is 31.1 Å². The summed E-state index contributed by atoms with van der Waals surface area (Å²) in [5.74, 6) is 1.35. The third kappa shape index (κ3) is 4.52. The van der Waals surface area contributed by atoms with Crippen LogP contribution in [0.5, 0.6) is 5.75 Å². The molecular formula is C25H31NO4. The fourth-order valence-electron chi connectivity index (χ4n) is 4.87. The van der Waals surface area contributed by atoms with Crippen LogP contribution in [0.25, 0.3) is 11.1 Å². The standard InChI is InChI=1S/C25H31NO4/c1-28-15-14-25(27)26-21-16-24(30-23-9-5-7-20(21)23)18-12-10-17(11-13-18)19-6-3-4-8-22(19)29-2/h3-4,6,8,10-13,20-21,23-24H,5,7,9,14-16H2,1-2H3,(H,26,27)/t20-,21+,23+,24+/m0/s1. The third-order valence-corrected chi connectivity index (χ3v) is 6.41. The summed E-state index contributed by atoms with van der Waals surface area (Å²) in [7, 11) is 3.32. The summed E-state index contributed by atoms with van der Waals surface area (Å²) in [6, 6.07) is 16.8. The predicted octanol–water partition coefficient (Wildman–Crippen LogP) is 4.51. The highest BCUT2D eigenvalue weighted by Gasteiger charge is 2.42. The van der Waals surface area contributed by atoms with E-state index in [-0.39, 0.29) is 24.2 Å². The molecule has 0 spiro atoms. The fourth-order valence-corrected chi connectivity index (χ4v) is 4.87. The summed E-state index contributed by atoms with van der Waals surface area (Å²) >= 11 is 0. The van der Waals surface area contributed by atoms with Crippen LogP contribution >= 0.6 is 0 Å². The lowest BCUT2D eigenvalue weighted by Crippen LogP contribution is -2.48. The molecular weight excluding hydrogens is 378 g/mol. The summed E-state index contributed by atoms with van der Waals surface area (Å²) in [5.41, 5.74) is 3.36. The number of hydrogen-bond donors (Lipinski definition) is 1. The second-order valence-corrected chi connectivity index (χ2v) is 8.23. The molecule has 0 unspecified atom stereocenters. The van der Waals surface area contributed by atoms with E-state index in [9.17, 15) is 4.79 Å². The van der Waals surface area contributed by atoms with Gasteiger partial charge in [-0.1, -0.05) is 48.9 Å². The molecule has 4 rings (SSSR count). The number of carbonyl (C=O) groups is 1. The van der Waals surface area contributed by atoms with E-state index in [2.05, 4.69) is 35.6 Å². The summed E-state index contributed by atoms with van der Waals surface area (Å²) in [6.07, 6.45) is 4.81. The monoisotopic (exact) mass is 409 g/mol. The lowest BCUT2D eigenvalue weighted by atomic mass is 9.86. The van der Waals surface area contributed by atoms with E-state index in [0.717, 1.165) is 41.7 Å². The molecule has 1 heterocycles. The van der Waals surface area contributed by atoms with Crippen molar-refractivity contribution < 1.29 is 19.0 Å². The van der Waals surface area contributed by atoms with Gasteiger partial charge in [0.15, 0.2) is 0 Å². The van der Waals surface area contributed by atoms with Gasteiger partial charge in [-0.3, -0.25) is 4.79 Å². The molecule has 5 nitrogen and oxygen atoms in total. The topological polar surface area (TPSA) is 56.8 Å². The van der Waals surface area contributed by atoms with Crippen molar-refractivity contribution in [1.29, 1.82) is 0 Å². The summed E-state index contributed by atoms with van der Waals surface area (Å²) in [6.45, 7) is 0.455. The SMILES string of the molecule is COCCC(=O)N[C@@H]1C[C@H](c2ccc(-c3ccccc3OC)cc2)O[C@@H]2CCC[C@@H]12. The highest BCUT2D eigenvalue weighted by Crippen LogP contribution is 2.43. The van der Waals surface area contributed by atoms with Gasteiger partial charge in [-0.25, -0.2) is 0 Å². The van der Waals surface area contributed by atoms with E-state index in [1.807, 2.05) is 18.2 Å². The van der Waals surface area contributed by atoms with Gasteiger partial charge >= 0.3 is 0 Å². The quantitative estimate of drug-likeness (QED) is 0.731. The number of methoxy groups -OCH3 is 2. The van der Waals surface area contributed by atoms with E-state index in [0.29, 0.717) is 18.9 Å². The van der Waals surface area contributed by atoms with Crippen LogP contribution in [0, 0.1) is 5.92 Å². The number of amides is 1. The van der Waals surface area contributed by atoms with Crippen molar-refractivity contribution in [3.05, 3.63) is 54.1 Å². The Balaban J connectivity index is 1.49. The van der Waals surface area contributed by atoms with E-state index < -0.39 is 0 Å². The summed E-state index contributed by atoms with van der Waals surface area (Å²) in [5, 5.41) is 3.26. The van der Waals surface area contributed by atoms with Crippen LogP contribution in [0.1, 0.15) is 43.8 Å². The van der Waals surface area contributed by atoms with Crippen molar-refractivity contribution in [3.8, 4) is 16.9 Å². The number of benzene rings is 2. The largest absolute Gasteiger partial charge is 0.496 e. The number of fused-ring (bicyclic) bond motifs is 1. The molecule has 1 saturated carbocycles. The molecule has 0 bridgehead atoms. The minimum Gasteiger partial charge on any atom is -0.496 e. The lowest BCUT2D eigenvalue weighted by Gasteiger charge is -2.39. The van der Waals surface area contributed by atoms with Crippen molar-refractivity contribution in [3.63, 3.8) is 0 Å². The van der Waals surface area contributed by atoms with Gasteiger partial charge in [-0.05, 0) is 36.5 Å². The normalized spacial score (nSPS) is 25.5. The molecule has 5 heteroatoms. The number of ether oxygens (including phenoxy) is 3. The molecule has 2 aromatic carbocycles. The van der Waals surface area contributed by atoms with Gasteiger partial charge in [0.25, 0.3) is 0 Å². The van der Waals surface area contributed by atoms with Gasteiger partial charge in [0.1, 0.15) is 5.75 Å². The van der Waals surface area contributed by atoms with Gasteiger partial charge in [0.2, 0.25) is 5.91 Å². The van der Waals surface area contributed by atoms with Crippen LogP contribution in [0.3, 0.4) is 0 Å². The Morgan fingerprint density at radius 2 is 1.90 bits per heavy atom. The highest BCUT2D eigenvalue weighted by molar-refractivity contribution is 5.76. The highest BCUT2D eigenvalue weighted by atomic mass is 16.5. The number of carbonyl (C=O) groups excluding carboxylic acids is 1. The molecule has 30 heavy (non-hydrogen) atoms. The number of rotatable bonds is 7. The zero-order valence-corrected chi connectivity index (χ0v) is 17.8. The van der Waals surface area contributed by atoms with Crippen LogP contribution < -0.4 is 10.1 Å². The Bertz CT molecular complexity index is 850. The second kappa shape index (κ2) is 9.63. The molecule has 2 aromatic rings. The molecule has 1 aliphatic heterocycles. The minimum atomic E-state index is 0.00351. The molecule has 1 saturated heterocycles. The van der Waals surface area contributed by atoms with Crippen molar-refractivity contribution in [1.82, 2.24) is 5.32 Å². The molecule has 4 atom stereocenters. The Labute approximate surface area is 178 Å². The molecule has 1 amide bonds. The average Bonchev–Trinajstić information content (AvgIpc) is 3.27. The number of nitrogens with one attached hydrogen (secondary N) is 1. The van der Waals surface area contributed by atoms with Gasteiger partial charge < -0.3 is 19.5 Å². The maximum absolute atomic E-state index is 12.3. The number of hydrogen-bond acceptors (Lipinski definition) is 4. The average molecular weight is 410 g/mol. The van der Waals surface area contributed by atoms with Crippen LogP contribution in [-0.4, -0.2) is 38.9 Å². The Morgan fingerprint density at radius 3 is 2.67 bits per heavy atom. The molecule has 0 radical (unpaired) electrons. The van der Waals surface area contributed by atoms with Crippen molar-refractivity contribution in [2.75, 3.05) is 20.8 Å². The summed E-state index contributed by atoms with van der Waals surface area (Å²) < 4.78 is 17.0. The van der Waals surface area contributed by atoms with Gasteiger partial charge in [-0.15, -0.1) is 0 Å². The van der Waals surface area contributed by atoms with E-state index in [4.69, 9.17) is 14.2 Å². The first-order chi connectivity index (χ1) is 14.7. The second-order valence-electron chi connectivity index (χ2n) is 8.23. The lowest BCUT2D eigenvalue weighted by molar-refractivity contribution is -0.127. The van der Waals surface area contributed by atoms with Crippen molar-refractivity contribution >= 4 is 5.91 Å². The number of para-hydroxylation sites is 1. The fraction of sp³-hybridized carbons (Fsp3) is 0.480. The summed E-state index contributed by atoms with van der Waals surface area (Å²) in [4.78, 5) is 12.3. The Morgan fingerprint density at radius 1 is 1.10 bits per heavy atom.